The summed E-state index contributed by atoms with van der Waals surface area (Å²) in [5, 5.41) is 2.98. The Morgan fingerprint density at radius 2 is 1.96 bits per heavy atom. The molecule has 0 fully saturated rings. The summed E-state index contributed by atoms with van der Waals surface area (Å²) in [6.07, 6.45) is 0.308. The van der Waals surface area contributed by atoms with Crippen LogP contribution in [-0.4, -0.2) is 19.3 Å². The van der Waals surface area contributed by atoms with E-state index in [1.807, 2.05) is 51.1 Å². The summed E-state index contributed by atoms with van der Waals surface area (Å²) >= 11 is 0. The number of benzene rings is 2. The molecule has 25 heavy (non-hydrogen) atoms. The fourth-order valence-electron chi connectivity index (χ4n) is 2.79. The maximum atomic E-state index is 12.1. The van der Waals surface area contributed by atoms with Gasteiger partial charge < -0.3 is 19.5 Å². The predicted molar refractivity (Wildman–Crippen MR) is 95.2 cm³/mol. The van der Waals surface area contributed by atoms with E-state index in [2.05, 4.69) is 11.4 Å². The topological polar surface area (TPSA) is 56.8 Å². The lowest BCUT2D eigenvalue weighted by molar-refractivity contribution is -0.122. The van der Waals surface area contributed by atoms with Gasteiger partial charge in [0.05, 0.1) is 19.1 Å². The van der Waals surface area contributed by atoms with Crippen molar-refractivity contribution >= 4 is 5.91 Å². The number of carbonyl (C=O) groups excluding carboxylic acids is 1. The molecule has 3 rings (SSSR count). The van der Waals surface area contributed by atoms with Crippen molar-refractivity contribution in [3.05, 3.63) is 53.1 Å². The predicted octanol–water partition coefficient (Wildman–Crippen LogP) is 3.68. The second-order valence-electron chi connectivity index (χ2n) is 6.27. The first kappa shape index (κ1) is 17.1. The molecule has 2 aromatic rings. The number of amides is 1. The van der Waals surface area contributed by atoms with Crippen LogP contribution in [0.25, 0.3) is 0 Å². The smallest absolute Gasteiger partial charge is 0.231 e. The van der Waals surface area contributed by atoms with Crippen molar-refractivity contribution < 1.29 is 19.0 Å². The fourth-order valence-corrected chi connectivity index (χ4v) is 2.79. The Labute approximate surface area is 147 Å². The number of hydrogen-bond acceptors (Lipinski definition) is 4. The van der Waals surface area contributed by atoms with Crippen LogP contribution in [0.2, 0.25) is 0 Å². The van der Waals surface area contributed by atoms with Gasteiger partial charge in [0.15, 0.2) is 11.5 Å². The van der Waals surface area contributed by atoms with Crippen LogP contribution in [0.5, 0.6) is 17.2 Å². The third-order valence-corrected chi connectivity index (χ3v) is 4.19. The molecule has 1 N–H and O–H groups in total. The van der Waals surface area contributed by atoms with Gasteiger partial charge in [-0.15, -0.1) is 0 Å². The molecule has 1 aliphatic rings. The van der Waals surface area contributed by atoms with Crippen molar-refractivity contribution in [2.24, 2.45) is 0 Å². The van der Waals surface area contributed by atoms with E-state index < -0.39 is 0 Å². The van der Waals surface area contributed by atoms with E-state index in [4.69, 9.17) is 14.2 Å². The zero-order valence-corrected chi connectivity index (χ0v) is 14.8. The fraction of sp³-hybridized carbons (Fsp3) is 0.350. The van der Waals surface area contributed by atoms with E-state index >= 15 is 0 Å². The molecule has 0 radical (unpaired) electrons. The molecule has 1 aliphatic heterocycles. The largest absolute Gasteiger partial charge is 0.493 e. The van der Waals surface area contributed by atoms with Crippen molar-refractivity contribution in [1.29, 1.82) is 0 Å². The highest BCUT2D eigenvalue weighted by atomic mass is 16.7. The Hall–Kier alpha value is -2.69. The lowest BCUT2D eigenvalue weighted by atomic mass is 10.1. The lowest BCUT2D eigenvalue weighted by Gasteiger charge is -2.15. The molecule has 0 aliphatic carbocycles. The highest BCUT2D eigenvalue weighted by Crippen LogP contribution is 2.34. The van der Waals surface area contributed by atoms with Gasteiger partial charge in [0, 0.05) is 0 Å². The number of nitrogens with one attached hydrogen (secondary N) is 1. The molecule has 0 aromatic heterocycles. The second kappa shape index (κ2) is 7.47. The van der Waals surface area contributed by atoms with E-state index in [0.717, 1.165) is 28.4 Å². The normalized spacial score (nSPS) is 13.4. The number of rotatable bonds is 6. The number of fused-ring (bicyclic) bond motifs is 1. The molecule has 1 heterocycles. The summed E-state index contributed by atoms with van der Waals surface area (Å²) in [5.41, 5.74) is 3.25. The Balaban J connectivity index is 1.48. The number of aryl methyl sites for hydroxylation is 2. The van der Waals surface area contributed by atoms with E-state index in [1.165, 1.54) is 5.56 Å². The minimum Gasteiger partial charge on any atom is -0.493 e. The highest BCUT2D eigenvalue weighted by molar-refractivity contribution is 5.76. The third-order valence-electron chi connectivity index (χ3n) is 4.19. The van der Waals surface area contributed by atoms with Crippen molar-refractivity contribution in [3.63, 3.8) is 0 Å². The van der Waals surface area contributed by atoms with Crippen molar-refractivity contribution in [1.82, 2.24) is 5.32 Å². The van der Waals surface area contributed by atoms with Gasteiger partial charge in [0.1, 0.15) is 5.75 Å². The average molecular weight is 341 g/mol. The molecule has 1 amide bonds. The van der Waals surface area contributed by atoms with Gasteiger partial charge in [0.25, 0.3) is 0 Å². The summed E-state index contributed by atoms with van der Waals surface area (Å²) in [6, 6.07) is 11.6. The standard InChI is InChI=1S/C20H23NO4/c1-13-4-6-17(14(2)10-13)23-9-8-20(22)21-15(3)16-5-7-18-19(11-16)25-12-24-18/h4-7,10-11,15H,8-9,12H2,1-3H3,(H,21,22). The Kier molecular flexibility index (Phi) is 5.12. The van der Waals surface area contributed by atoms with Crippen LogP contribution in [0.3, 0.4) is 0 Å². The van der Waals surface area contributed by atoms with Gasteiger partial charge in [-0.25, -0.2) is 0 Å². The van der Waals surface area contributed by atoms with Gasteiger partial charge >= 0.3 is 0 Å². The van der Waals surface area contributed by atoms with Crippen molar-refractivity contribution in [3.8, 4) is 17.2 Å². The zero-order valence-electron chi connectivity index (χ0n) is 14.8. The molecule has 0 saturated carbocycles. The number of ether oxygens (including phenoxy) is 3. The van der Waals surface area contributed by atoms with Crippen LogP contribution in [0.15, 0.2) is 36.4 Å². The van der Waals surface area contributed by atoms with Crippen LogP contribution in [0.1, 0.15) is 36.1 Å². The van der Waals surface area contributed by atoms with Gasteiger partial charge in [0.2, 0.25) is 12.7 Å². The van der Waals surface area contributed by atoms with Crippen LogP contribution < -0.4 is 19.5 Å². The first-order valence-corrected chi connectivity index (χ1v) is 8.42. The summed E-state index contributed by atoms with van der Waals surface area (Å²) < 4.78 is 16.4. The van der Waals surface area contributed by atoms with E-state index in [9.17, 15) is 4.79 Å². The lowest BCUT2D eigenvalue weighted by Crippen LogP contribution is -2.27. The molecule has 0 bridgehead atoms. The molecule has 0 spiro atoms. The number of carbonyl (C=O) groups is 1. The molecule has 132 valence electrons. The molecule has 1 unspecified atom stereocenters. The minimum atomic E-state index is -0.108. The highest BCUT2D eigenvalue weighted by Gasteiger charge is 2.16. The summed E-state index contributed by atoms with van der Waals surface area (Å²) in [5.74, 6) is 2.23. The van der Waals surface area contributed by atoms with Crippen LogP contribution in [0.4, 0.5) is 0 Å². The molecule has 1 atom stereocenters. The zero-order chi connectivity index (χ0) is 17.8. The van der Waals surface area contributed by atoms with Crippen LogP contribution in [-0.2, 0) is 4.79 Å². The van der Waals surface area contributed by atoms with E-state index in [1.54, 1.807) is 0 Å². The molecular formula is C20H23NO4. The van der Waals surface area contributed by atoms with Crippen molar-refractivity contribution in [2.45, 2.75) is 33.2 Å². The maximum Gasteiger partial charge on any atom is 0.231 e. The van der Waals surface area contributed by atoms with Crippen LogP contribution >= 0.6 is 0 Å². The summed E-state index contributed by atoms with van der Waals surface area (Å²) in [4.78, 5) is 12.1. The third kappa shape index (κ3) is 4.24. The Morgan fingerprint density at radius 1 is 1.16 bits per heavy atom. The van der Waals surface area contributed by atoms with Gasteiger partial charge in [-0.3, -0.25) is 4.79 Å². The first-order chi connectivity index (χ1) is 12.0. The van der Waals surface area contributed by atoms with E-state index in [0.29, 0.717) is 13.0 Å². The van der Waals surface area contributed by atoms with E-state index in [-0.39, 0.29) is 18.7 Å². The SMILES string of the molecule is Cc1ccc(OCCC(=O)NC(C)c2ccc3c(c2)OCO3)c(C)c1. The minimum absolute atomic E-state index is 0.0464. The average Bonchev–Trinajstić information content (AvgIpc) is 3.04. The van der Waals surface area contributed by atoms with Gasteiger partial charge in [-0.1, -0.05) is 23.8 Å². The Morgan fingerprint density at radius 3 is 2.76 bits per heavy atom. The summed E-state index contributed by atoms with van der Waals surface area (Å²) in [7, 11) is 0. The van der Waals surface area contributed by atoms with Crippen molar-refractivity contribution in [2.75, 3.05) is 13.4 Å². The molecular weight excluding hydrogens is 318 g/mol. The Bertz CT molecular complexity index is 772. The number of hydrogen-bond donors (Lipinski definition) is 1. The molecule has 5 nitrogen and oxygen atoms in total. The quantitative estimate of drug-likeness (QED) is 0.871. The monoisotopic (exact) mass is 341 g/mol. The molecule has 2 aromatic carbocycles. The molecule has 5 heteroatoms. The first-order valence-electron chi connectivity index (χ1n) is 8.42. The van der Waals surface area contributed by atoms with Gasteiger partial charge in [-0.2, -0.15) is 0 Å². The molecule has 0 saturated heterocycles. The van der Waals surface area contributed by atoms with Crippen LogP contribution in [0, 0.1) is 13.8 Å². The van der Waals surface area contributed by atoms with Gasteiger partial charge in [-0.05, 0) is 50.1 Å². The summed E-state index contributed by atoms with van der Waals surface area (Å²) in [6.45, 7) is 6.59. The maximum absolute atomic E-state index is 12.1. The second-order valence-corrected chi connectivity index (χ2v) is 6.27.